The summed E-state index contributed by atoms with van der Waals surface area (Å²) in [6.45, 7) is 8.88. The van der Waals surface area contributed by atoms with Gasteiger partial charge in [-0.25, -0.2) is 0 Å². The fourth-order valence-electron chi connectivity index (χ4n) is 5.46. The molecule has 7 nitrogen and oxygen atoms in total. The molecule has 2 unspecified atom stereocenters. The van der Waals surface area contributed by atoms with E-state index in [9.17, 15) is 19.5 Å². The van der Waals surface area contributed by atoms with Crippen LogP contribution in [0.5, 0.6) is 0 Å². The molecule has 3 heterocycles. The van der Waals surface area contributed by atoms with Crippen molar-refractivity contribution in [3.05, 3.63) is 12.7 Å². The number of hydrogen-bond acceptors (Lipinski definition) is 6. The third-order valence-electron chi connectivity index (χ3n) is 6.63. The summed E-state index contributed by atoms with van der Waals surface area (Å²) in [7, 11) is 0. The van der Waals surface area contributed by atoms with Crippen molar-refractivity contribution in [3.63, 3.8) is 0 Å². The fraction of sp³-hybridized carbons (Fsp3) is 0.773. The number of ether oxygens (including phenoxy) is 1. The first kappa shape index (κ1) is 23.1. The summed E-state index contributed by atoms with van der Waals surface area (Å²) in [6.07, 6.45) is 6.22. The lowest BCUT2D eigenvalue weighted by molar-refractivity contribution is -0.153. The highest BCUT2D eigenvalue weighted by Gasteiger charge is 2.74. The van der Waals surface area contributed by atoms with Crippen LogP contribution in [0.4, 0.5) is 0 Å². The largest absolute Gasteiger partial charge is 0.466 e. The Morgan fingerprint density at radius 2 is 2.17 bits per heavy atom. The Labute approximate surface area is 183 Å². The molecule has 0 aromatic heterocycles. The molecule has 168 valence electrons. The highest BCUT2D eigenvalue weighted by molar-refractivity contribution is 8.02. The predicted octanol–water partition coefficient (Wildman–Crippen LogP) is 1.84. The maximum Gasteiger partial charge on any atom is 0.310 e. The average molecular weight is 439 g/mol. The van der Waals surface area contributed by atoms with Crippen LogP contribution >= 0.6 is 11.8 Å². The van der Waals surface area contributed by atoms with E-state index in [-0.39, 0.29) is 42.8 Å². The Balaban J connectivity index is 1.94. The molecule has 5 atom stereocenters. The number of aliphatic hydroxyl groups is 1. The van der Waals surface area contributed by atoms with Gasteiger partial charge in [0.05, 0.1) is 29.8 Å². The van der Waals surface area contributed by atoms with E-state index in [0.717, 1.165) is 32.1 Å². The number of aliphatic hydroxyl groups excluding tert-OH is 1. The Hall–Kier alpha value is -1.54. The van der Waals surface area contributed by atoms with Gasteiger partial charge in [0, 0.05) is 24.9 Å². The highest BCUT2D eigenvalue weighted by atomic mass is 32.2. The molecule has 2 bridgehead atoms. The molecule has 0 saturated carbocycles. The smallest absolute Gasteiger partial charge is 0.310 e. The van der Waals surface area contributed by atoms with Crippen molar-refractivity contribution in [3.8, 4) is 0 Å². The lowest BCUT2D eigenvalue weighted by Crippen LogP contribution is -2.55. The molecule has 3 aliphatic heterocycles. The van der Waals surface area contributed by atoms with Gasteiger partial charge in [0.1, 0.15) is 6.04 Å². The number of likely N-dealkylation sites (tertiary alicyclic amines) is 1. The molecule has 1 N–H and O–H groups in total. The number of fused-ring (bicyclic) bond motifs is 1. The molecule has 1 spiro atoms. The number of hydrogen-bond donors (Lipinski definition) is 1. The van der Waals surface area contributed by atoms with Crippen LogP contribution in [0.15, 0.2) is 12.7 Å². The molecule has 8 heteroatoms. The van der Waals surface area contributed by atoms with E-state index in [1.54, 1.807) is 29.7 Å². The Morgan fingerprint density at radius 3 is 2.80 bits per heavy atom. The number of carbonyl (C=O) groups is 3. The van der Waals surface area contributed by atoms with Gasteiger partial charge in [0.25, 0.3) is 0 Å². The molecule has 3 fully saturated rings. The molecular formula is C22H34N2O5S. The van der Waals surface area contributed by atoms with E-state index in [4.69, 9.17) is 4.74 Å². The van der Waals surface area contributed by atoms with Gasteiger partial charge in [-0.05, 0) is 26.2 Å². The van der Waals surface area contributed by atoms with E-state index < -0.39 is 22.6 Å². The first-order valence-electron chi connectivity index (χ1n) is 11.1. The van der Waals surface area contributed by atoms with Crippen LogP contribution in [0.3, 0.4) is 0 Å². The molecular weight excluding hydrogens is 404 g/mol. The fourth-order valence-corrected chi connectivity index (χ4v) is 7.66. The van der Waals surface area contributed by atoms with E-state index in [2.05, 4.69) is 13.5 Å². The highest BCUT2D eigenvalue weighted by Crippen LogP contribution is 2.66. The van der Waals surface area contributed by atoms with Crippen molar-refractivity contribution in [1.29, 1.82) is 0 Å². The zero-order chi connectivity index (χ0) is 21.9. The molecule has 0 aromatic rings. The van der Waals surface area contributed by atoms with Crippen LogP contribution in [0.2, 0.25) is 0 Å². The number of thioether (sulfide) groups is 1. The second kappa shape index (κ2) is 9.73. The number of amides is 2. The van der Waals surface area contributed by atoms with E-state index in [1.165, 1.54) is 4.90 Å². The molecule has 0 aromatic carbocycles. The number of carbonyl (C=O) groups excluding carboxylic acids is 3. The second-order valence-corrected chi connectivity index (χ2v) is 9.94. The van der Waals surface area contributed by atoms with Crippen molar-refractivity contribution in [2.45, 2.75) is 62.0 Å². The number of rotatable bonds is 11. The molecule has 0 radical (unpaired) electrons. The first-order valence-corrected chi connectivity index (χ1v) is 12.0. The number of esters is 1. The van der Waals surface area contributed by atoms with Crippen LogP contribution in [0.25, 0.3) is 0 Å². The molecule has 30 heavy (non-hydrogen) atoms. The summed E-state index contributed by atoms with van der Waals surface area (Å²) in [5.74, 6) is -1.68. The topological polar surface area (TPSA) is 87.2 Å². The summed E-state index contributed by atoms with van der Waals surface area (Å²) in [5.41, 5.74) is 0. The van der Waals surface area contributed by atoms with Crippen LogP contribution in [0, 0.1) is 11.8 Å². The summed E-state index contributed by atoms with van der Waals surface area (Å²) in [5, 5.41) is 9.63. The minimum absolute atomic E-state index is 0.0116. The van der Waals surface area contributed by atoms with Gasteiger partial charge in [0.15, 0.2) is 0 Å². The van der Waals surface area contributed by atoms with E-state index in [1.807, 2.05) is 0 Å². The SMILES string of the molecule is C=CCN(CCCCC)C(=O)C1N(CCO)C(=O)[C@@H]2[C@H](C(=O)OCC)[C@@H]3CCC12S3. The Bertz CT molecular complexity index is 686. The lowest BCUT2D eigenvalue weighted by Gasteiger charge is -2.37. The lowest BCUT2D eigenvalue weighted by atomic mass is 9.71. The minimum atomic E-state index is -0.654. The van der Waals surface area contributed by atoms with Crippen LogP contribution < -0.4 is 0 Å². The van der Waals surface area contributed by atoms with Crippen molar-refractivity contribution in [1.82, 2.24) is 9.80 Å². The van der Waals surface area contributed by atoms with Gasteiger partial charge in [-0.3, -0.25) is 14.4 Å². The van der Waals surface area contributed by atoms with Gasteiger partial charge >= 0.3 is 5.97 Å². The normalized spacial score (nSPS) is 31.7. The maximum absolute atomic E-state index is 13.8. The summed E-state index contributed by atoms with van der Waals surface area (Å²) >= 11 is 1.63. The maximum atomic E-state index is 13.8. The predicted molar refractivity (Wildman–Crippen MR) is 116 cm³/mol. The monoisotopic (exact) mass is 438 g/mol. The number of unbranched alkanes of at least 4 members (excludes halogenated alkanes) is 2. The standard InChI is InChI=1S/C22H34N2O5S/c1-4-7-8-12-23(11-5-2)20(27)18-22-10-9-15(30-22)16(21(28)29-6-3)17(22)19(26)24(18)13-14-25/h5,15-18,25H,2,4,6-14H2,1,3H3/t15-,16+,17-,18?,22?/m0/s1. The molecule has 3 saturated heterocycles. The zero-order valence-corrected chi connectivity index (χ0v) is 18.9. The molecule has 0 aliphatic carbocycles. The van der Waals surface area contributed by atoms with Crippen LogP contribution in [-0.2, 0) is 19.1 Å². The Kier molecular flexibility index (Phi) is 7.50. The van der Waals surface area contributed by atoms with Crippen molar-refractivity contribution < 1.29 is 24.2 Å². The molecule has 2 amide bonds. The minimum Gasteiger partial charge on any atom is -0.466 e. The van der Waals surface area contributed by atoms with Gasteiger partial charge in [0.2, 0.25) is 11.8 Å². The Morgan fingerprint density at radius 1 is 1.40 bits per heavy atom. The average Bonchev–Trinajstić information content (AvgIpc) is 3.35. The van der Waals surface area contributed by atoms with Gasteiger partial charge in [-0.2, -0.15) is 0 Å². The van der Waals surface area contributed by atoms with Gasteiger partial charge < -0.3 is 19.6 Å². The zero-order valence-electron chi connectivity index (χ0n) is 18.0. The van der Waals surface area contributed by atoms with Crippen molar-refractivity contribution >= 4 is 29.5 Å². The van der Waals surface area contributed by atoms with E-state index >= 15 is 0 Å². The summed E-state index contributed by atoms with van der Waals surface area (Å²) in [6, 6.07) is -0.654. The molecule has 3 aliphatic rings. The summed E-state index contributed by atoms with van der Waals surface area (Å²) in [4.78, 5) is 43.2. The van der Waals surface area contributed by atoms with Crippen LogP contribution in [0.1, 0.15) is 46.0 Å². The second-order valence-electron chi connectivity index (χ2n) is 8.34. The van der Waals surface area contributed by atoms with E-state index in [0.29, 0.717) is 13.1 Å². The number of β-amino-alcohol motifs (C(OH)–C–C–N with tert-alkyl or cyclic N) is 1. The van der Waals surface area contributed by atoms with Crippen LogP contribution in [-0.4, -0.2) is 81.6 Å². The van der Waals surface area contributed by atoms with Gasteiger partial charge in [-0.15, -0.1) is 18.3 Å². The number of nitrogens with zero attached hydrogens (tertiary/aromatic N) is 2. The molecule has 3 rings (SSSR count). The quantitative estimate of drug-likeness (QED) is 0.301. The van der Waals surface area contributed by atoms with Crippen molar-refractivity contribution in [2.75, 3.05) is 32.8 Å². The third-order valence-corrected chi connectivity index (χ3v) is 8.58. The van der Waals surface area contributed by atoms with Gasteiger partial charge in [-0.1, -0.05) is 25.8 Å². The first-order chi connectivity index (χ1) is 14.5. The van der Waals surface area contributed by atoms with Crippen molar-refractivity contribution in [2.24, 2.45) is 11.8 Å². The third kappa shape index (κ3) is 3.77. The summed E-state index contributed by atoms with van der Waals surface area (Å²) < 4.78 is 4.68.